The van der Waals surface area contributed by atoms with Gasteiger partial charge in [-0.3, -0.25) is 15.1 Å². The van der Waals surface area contributed by atoms with Crippen molar-refractivity contribution < 1.29 is 4.79 Å². The summed E-state index contributed by atoms with van der Waals surface area (Å²) in [6, 6.07) is 10.7. The summed E-state index contributed by atoms with van der Waals surface area (Å²) < 4.78 is 0. The fourth-order valence-electron chi connectivity index (χ4n) is 4.81. The molecule has 1 N–H and O–H groups in total. The third-order valence-electron chi connectivity index (χ3n) is 6.17. The number of nitrogens with zero attached hydrogens (tertiary/aromatic N) is 2. The molecule has 2 aromatic rings. The average Bonchev–Trinajstić information content (AvgIpc) is 3.44. The van der Waals surface area contributed by atoms with Crippen molar-refractivity contribution in [3.8, 4) is 11.1 Å². The van der Waals surface area contributed by atoms with Gasteiger partial charge in [-0.05, 0) is 53.8 Å². The summed E-state index contributed by atoms with van der Waals surface area (Å²) in [5.41, 5.74) is 5.08. The lowest BCUT2D eigenvalue weighted by Gasteiger charge is -2.26. The first-order valence-corrected chi connectivity index (χ1v) is 10.6. The number of pyridine rings is 1. The molecule has 1 saturated heterocycles. The number of hydrogen-bond donors (Lipinski definition) is 1. The molecule has 1 amide bonds. The standard InChI is InChI=1S/C21H23N3OS/c25-20(18-12-26-14-23-18)24-13-21(7-1-2-8-21)17-11-16(3-4-19(17)24)15-5-9-22-10-6-15/h3-6,9-11,18,23H,1-2,7-8,12-14H2/t18-/m0/s1. The van der Waals surface area contributed by atoms with Gasteiger partial charge in [-0.1, -0.05) is 18.9 Å². The molecule has 1 atom stereocenters. The number of anilines is 1. The predicted molar refractivity (Wildman–Crippen MR) is 106 cm³/mol. The molecule has 0 unspecified atom stereocenters. The molecule has 3 heterocycles. The van der Waals surface area contributed by atoms with E-state index >= 15 is 0 Å². The molecular formula is C21H23N3OS. The predicted octanol–water partition coefficient (Wildman–Crippen LogP) is 3.57. The van der Waals surface area contributed by atoms with Crippen LogP contribution in [0.15, 0.2) is 42.7 Å². The largest absolute Gasteiger partial charge is 0.310 e. The van der Waals surface area contributed by atoms with Crippen molar-refractivity contribution in [1.29, 1.82) is 0 Å². The highest BCUT2D eigenvalue weighted by Crippen LogP contribution is 2.51. The van der Waals surface area contributed by atoms with Crippen LogP contribution in [0, 0.1) is 0 Å². The van der Waals surface area contributed by atoms with E-state index in [1.165, 1.54) is 42.4 Å². The van der Waals surface area contributed by atoms with Crippen LogP contribution in [-0.4, -0.2) is 35.1 Å². The highest BCUT2D eigenvalue weighted by atomic mass is 32.2. The smallest absolute Gasteiger partial charge is 0.245 e. The van der Waals surface area contributed by atoms with Crippen LogP contribution in [0.3, 0.4) is 0 Å². The van der Waals surface area contributed by atoms with E-state index in [-0.39, 0.29) is 17.4 Å². The number of amides is 1. The number of hydrogen-bond acceptors (Lipinski definition) is 4. The fraction of sp³-hybridized carbons (Fsp3) is 0.429. The summed E-state index contributed by atoms with van der Waals surface area (Å²) in [5, 5.41) is 3.35. The maximum Gasteiger partial charge on any atom is 0.245 e. The van der Waals surface area contributed by atoms with Gasteiger partial charge in [0, 0.05) is 41.7 Å². The highest BCUT2D eigenvalue weighted by molar-refractivity contribution is 7.99. The maximum absolute atomic E-state index is 13.1. The van der Waals surface area contributed by atoms with Gasteiger partial charge in [0.1, 0.15) is 0 Å². The van der Waals surface area contributed by atoms with Crippen molar-refractivity contribution in [3.05, 3.63) is 48.3 Å². The molecule has 134 valence electrons. The first-order chi connectivity index (χ1) is 12.8. The van der Waals surface area contributed by atoms with Crippen LogP contribution in [0.4, 0.5) is 5.69 Å². The van der Waals surface area contributed by atoms with Gasteiger partial charge >= 0.3 is 0 Å². The second-order valence-electron chi connectivity index (χ2n) is 7.65. The zero-order valence-electron chi connectivity index (χ0n) is 14.8. The van der Waals surface area contributed by atoms with Gasteiger partial charge in [0.25, 0.3) is 0 Å². The van der Waals surface area contributed by atoms with Crippen LogP contribution in [0.5, 0.6) is 0 Å². The van der Waals surface area contributed by atoms with Crippen LogP contribution in [0.25, 0.3) is 11.1 Å². The topological polar surface area (TPSA) is 45.2 Å². The summed E-state index contributed by atoms with van der Waals surface area (Å²) in [7, 11) is 0. The number of rotatable bonds is 2. The molecule has 5 rings (SSSR count). The minimum Gasteiger partial charge on any atom is -0.310 e. The molecule has 1 aliphatic carbocycles. The lowest BCUT2D eigenvalue weighted by atomic mass is 9.80. The lowest BCUT2D eigenvalue weighted by Crippen LogP contribution is -2.46. The van der Waals surface area contributed by atoms with Crippen molar-refractivity contribution in [2.75, 3.05) is 23.1 Å². The zero-order chi connectivity index (χ0) is 17.6. The van der Waals surface area contributed by atoms with Crippen LogP contribution in [-0.2, 0) is 10.2 Å². The van der Waals surface area contributed by atoms with Crippen molar-refractivity contribution in [1.82, 2.24) is 10.3 Å². The number of carbonyl (C=O) groups excluding carboxylic acids is 1. The molecule has 4 nitrogen and oxygen atoms in total. The van der Waals surface area contributed by atoms with E-state index < -0.39 is 0 Å². The molecule has 1 saturated carbocycles. The molecule has 5 heteroatoms. The average molecular weight is 366 g/mol. The first-order valence-electron chi connectivity index (χ1n) is 9.44. The van der Waals surface area contributed by atoms with E-state index in [4.69, 9.17) is 0 Å². The van der Waals surface area contributed by atoms with Crippen molar-refractivity contribution in [3.63, 3.8) is 0 Å². The Morgan fingerprint density at radius 1 is 1.15 bits per heavy atom. The molecule has 2 fully saturated rings. The van der Waals surface area contributed by atoms with E-state index in [0.717, 1.165) is 23.9 Å². The van der Waals surface area contributed by atoms with Crippen LogP contribution < -0.4 is 10.2 Å². The summed E-state index contributed by atoms with van der Waals surface area (Å²) in [5.74, 6) is 2.01. The molecule has 1 aromatic heterocycles. The number of nitrogens with one attached hydrogen (secondary N) is 1. The van der Waals surface area contributed by atoms with Crippen LogP contribution in [0.2, 0.25) is 0 Å². The van der Waals surface area contributed by atoms with E-state index in [1.54, 1.807) is 0 Å². The monoisotopic (exact) mass is 365 g/mol. The molecule has 3 aliphatic rings. The van der Waals surface area contributed by atoms with Crippen LogP contribution >= 0.6 is 11.8 Å². The molecular weight excluding hydrogens is 342 g/mol. The Kier molecular flexibility index (Phi) is 4.02. The summed E-state index contributed by atoms with van der Waals surface area (Å²) in [4.78, 5) is 19.3. The summed E-state index contributed by atoms with van der Waals surface area (Å²) >= 11 is 1.81. The Morgan fingerprint density at radius 2 is 1.96 bits per heavy atom. The number of fused-ring (bicyclic) bond motifs is 2. The van der Waals surface area contributed by atoms with Gasteiger partial charge in [0.15, 0.2) is 0 Å². The Balaban J connectivity index is 1.57. The zero-order valence-corrected chi connectivity index (χ0v) is 15.6. The molecule has 1 aromatic carbocycles. The molecule has 26 heavy (non-hydrogen) atoms. The van der Waals surface area contributed by atoms with Gasteiger partial charge in [-0.2, -0.15) is 0 Å². The normalized spacial score (nSPS) is 23.5. The van der Waals surface area contributed by atoms with Gasteiger partial charge in [0.05, 0.1) is 6.04 Å². The Hall–Kier alpha value is -1.85. The SMILES string of the molecule is O=C([C@@H]1CSCN1)N1CC2(CCCC2)c2cc(-c3ccncc3)ccc21. The van der Waals surface area contributed by atoms with E-state index in [9.17, 15) is 4.79 Å². The molecule has 1 spiro atoms. The number of aromatic nitrogens is 1. The number of benzene rings is 1. The van der Waals surface area contributed by atoms with Gasteiger partial charge < -0.3 is 4.90 Å². The van der Waals surface area contributed by atoms with E-state index in [1.807, 2.05) is 24.2 Å². The second kappa shape index (κ2) is 6.39. The van der Waals surface area contributed by atoms with Gasteiger partial charge in [0.2, 0.25) is 5.91 Å². The van der Waals surface area contributed by atoms with E-state index in [2.05, 4.69) is 45.5 Å². The second-order valence-corrected chi connectivity index (χ2v) is 8.68. The lowest BCUT2D eigenvalue weighted by molar-refractivity contribution is -0.119. The number of carbonyl (C=O) groups is 1. The Bertz CT molecular complexity index is 826. The van der Waals surface area contributed by atoms with Gasteiger partial charge in [-0.15, -0.1) is 11.8 Å². The first kappa shape index (κ1) is 16.3. The van der Waals surface area contributed by atoms with Gasteiger partial charge in [-0.25, -0.2) is 0 Å². The van der Waals surface area contributed by atoms with Crippen molar-refractivity contribution >= 4 is 23.4 Å². The minimum atomic E-state index is -0.0377. The third-order valence-corrected chi connectivity index (χ3v) is 7.11. The Morgan fingerprint density at radius 3 is 2.69 bits per heavy atom. The Labute approximate surface area is 158 Å². The number of thioether (sulfide) groups is 1. The molecule has 0 bridgehead atoms. The third kappa shape index (κ3) is 2.57. The highest BCUT2D eigenvalue weighted by Gasteiger charge is 2.47. The molecule has 0 radical (unpaired) electrons. The molecule has 2 aliphatic heterocycles. The van der Waals surface area contributed by atoms with Crippen LogP contribution in [0.1, 0.15) is 31.2 Å². The minimum absolute atomic E-state index is 0.0377. The summed E-state index contributed by atoms with van der Waals surface area (Å²) in [6.07, 6.45) is 8.59. The summed E-state index contributed by atoms with van der Waals surface area (Å²) in [6.45, 7) is 0.851. The van der Waals surface area contributed by atoms with E-state index in [0.29, 0.717) is 0 Å². The maximum atomic E-state index is 13.1. The fourth-order valence-corrected chi connectivity index (χ4v) is 5.74. The quantitative estimate of drug-likeness (QED) is 0.884. The van der Waals surface area contributed by atoms with Crippen molar-refractivity contribution in [2.24, 2.45) is 0 Å². The van der Waals surface area contributed by atoms with Crippen molar-refractivity contribution in [2.45, 2.75) is 37.1 Å².